The van der Waals surface area contributed by atoms with Crippen LogP contribution >= 0.6 is 0 Å². The van der Waals surface area contributed by atoms with Crippen LogP contribution in [0.15, 0.2) is 36.5 Å². The summed E-state index contributed by atoms with van der Waals surface area (Å²) in [5.41, 5.74) is 0. The van der Waals surface area contributed by atoms with Crippen LogP contribution in [0.25, 0.3) is 0 Å². The van der Waals surface area contributed by atoms with Crippen molar-refractivity contribution >= 4 is 11.9 Å². The summed E-state index contributed by atoms with van der Waals surface area (Å²) in [6.45, 7) is 4.79. The highest BCUT2D eigenvalue weighted by molar-refractivity contribution is 5.76. The van der Waals surface area contributed by atoms with Gasteiger partial charge in [0.2, 0.25) is 5.91 Å². The van der Waals surface area contributed by atoms with Crippen molar-refractivity contribution in [3.8, 4) is 0 Å². The summed E-state index contributed by atoms with van der Waals surface area (Å²) in [5.74, 6) is -0.111. The molecule has 2 unspecified atom stereocenters. The fourth-order valence-corrected chi connectivity index (χ4v) is 7.13. The SMILES string of the molecule is CCCCC/C=C\C/C=C\CCCCCCCCCCCC(=O)OCCCCCCCCCCCCCC(=O)NC(CO)C(O)/C=C/CCCCCCCCC. The Hall–Kier alpha value is -1.92. The van der Waals surface area contributed by atoms with Crippen LogP contribution in [0.2, 0.25) is 0 Å². The van der Waals surface area contributed by atoms with Crippen LogP contribution < -0.4 is 5.32 Å². The summed E-state index contributed by atoms with van der Waals surface area (Å²) in [5, 5.41) is 22.9. The van der Waals surface area contributed by atoms with E-state index in [4.69, 9.17) is 4.74 Å². The number of rotatable bonds is 44. The van der Waals surface area contributed by atoms with Crippen LogP contribution in [0.3, 0.4) is 0 Å². The third-order valence-corrected chi connectivity index (χ3v) is 10.9. The highest BCUT2D eigenvalue weighted by Gasteiger charge is 2.18. The number of aliphatic hydroxyl groups is 2. The van der Waals surface area contributed by atoms with Gasteiger partial charge in [-0.3, -0.25) is 9.59 Å². The molecule has 328 valence electrons. The number of hydrogen-bond donors (Lipinski definition) is 3. The van der Waals surface area contributed by atoms with Crippen LogP contribution in [0.4, 0.5) is 0 Å². The van der Waals surface area contributed by atoms with Crippen LogP contribution in [0.5, 0.6) is 0 Å². The molecule has 0 fully saturated rings. The second kappa shape index (κ2) is 45.8. The summed E-state index contributed by atoms with van der Waals surface area (Å²) in [6, 6.07) is -0.640. The number of nitrogens with one attached hydrogen (secondary N) is 1. The highest BCUT2D eigenvalue weighted by Crippen LogP contribution is 2.15. The first-order chi connectivity index (χ1) is 27.5. The number of unbranched alkanes of at least 4 members (excludes halogenated alkanes) is 29. The summed E-state index contributed by atoms with van der Waals surface area (Å²) in [6.07, 6.45) is 54.2. The van der Waals surface area contributed by atoms with Gasteiger partial charge < -0.3 is 20.3 Å². The smallest absolute Gasteiger partial charge is 0.305 e. The lowest BCUT2D eigenvalue weighted by Crippen LogP contribution is -2.45. The molecule has 0 aromatic rings. The van der Waals surface area contributed by atoms with Crippen molar-refractivity contribution in [3.05, 3.63) is 36.5 Å². The second-order valence-corrected chi connectivity index (χ2v) is 16.4. The van der Waals surface area contributed by atoms with Crippen LogP contribution in [-0.2, 0) is 14.3 Å². The third-order valence-electron chi connectivity index (χ3n) is 10.9. The maximum atomic E-state index is 12.3. The van der Waals surface area contributed by atoms with Gasteiger partial charge in [0.05, 0.1) is 25.4 Å². The van der Waals surface area contributed by atoms with Gasteiger partial charge in [0, 0.05) is 12.8 Å². The molecule has 0 aromatic carbocycles. The summed E-state index contributed by atoms with van der Waals surface area (Å²) in [7, 11) is 0. The predicted molar refractivity (Wildman–Crippen MR) is 241 cm³/mol. The lowest BCUT2D eigenvalue weighted by molar-refractivity contribution is -0.143. The maximum absolute atomic E-state index is 12.3. The lowest BCUT2D eigenvalue weighted by Gasteiger charge is -2.20. The van der Waals surface area contributed by atoms with Gasteiger partial charge in [-0.05, 0) is 64.2 Å². The Bertz CT molecular complexity index is 915. The van der Waals surface area contributed by atoms with E-state index in [1.165, 1.54) is 154 Å². The molecule has 0 saturated heterocycles. The first-order valence-electron chi connectivity index (χ1n) is 24.3. The van der Waals surface area contributed by atoms with E-state index in [9.17, 15) is 19.8 Å². The second-order valence-electron chi connectivity index (χ2n) is 16.4. The molecule has 2 atom stereocenters. The summed E-state index contributed by atoms with van der Waals surface area (Å²) < 4.78 is 5.46. The van der Waals surface area contributed by atoms with Crippen molar-refractivity contribution in [1.29, 1.82) is 0 Å². The van der Waals surface area contributed by atoms with Crippen LogP contribution in [-0.4, -0.2) is 47.4 Å². The van der Waals surface area contributed by atoms with Gasteiger partial charge in [-0.1, -0.05) is 204 Å². The van der Waals surface area contributed by atoms with Gasteiger partial charge in [-0.15, -0.1) is 0 Å². The monoisotopic (exact) mass is 788 g/mol. The number of hydrogen-bond acceptors (Lipinski definition) is 5. The third kappa shape index (κ3) is 41.7. The molecule has 0 aliphatic heterocycles. The first-order valence-corrected chi connectivity index (χ1v) is 24.3. The molecule has 6 heteroatoms. The average molecular weight is 788 g/mol. The molecule has 56 heavy (non-hydrogen) atoms. The number of allylic oxidation sites excluding steroid dienone is 5. The van der Waals surface area contributed by atoms with Crippen molar-refractivity contribution in [2.45, 2.75) is 257 Å². The van der Waals surface area contributed by atoms with E-state index < -0.39 is 12.1 Å². The molecule has 0 aliphatic carbocycles. The molecule has 0 aliphatic rings. The van der Waals surface area contributed by atoms with E-state index in [1.807, 2.05) is 6.08 Å². The van der Waals surface area contributed by atoms with Gasteiger partial charge >= 0.3 is 5.97 Å². The summed E-state index contributed by atoms with van der Waals surface area (Å²) in [4.78, 5) is 24.4. The van der Waals surface area contributed by atoms with Gasteiger partial charge in [0.1, 0.15) is 0 Å². The zero-order valence-corrected chi connectivity index (χ0v) is 37.1. The molecule has 0 saturated carbocycles. The minimum atomic E-state index is -0.855. The Kier molecular flexibility index (Phi) is 44.2. The molecule has 1 amide bonds. The van der Waals surface area contributed by atoms with Crippen LogP contribution in [0.1, 0.15) is 245 Å². The van der Waals surface area contributed by atoms with E-state index in [2.05, 4.69) is 43.5 Å². The number of carbonyl (C=O) groups is 2. The molecule has 6 nitrogen and oxygen atoms in total. The first kappa shape index (κ1) is 54.1. The standard InChI is InChI=1S/C50H93NO5/c1-3-5-7-9-11-13-14-15-16-17-18-19-20-21-24-28-32-36-40-44-50(55)56-45-41-37-33-29-25-22-23-27-31-35-39-43-49(54)51-47(46-52)48(53)42-38-34-30-26-12-10-8-6-4-2/h11,13,15-16,38,42,47-48,52-53H,3-10,12,14,17-37,39-41,43-46H2,1-2H3,(H,51,54)/b13-11-,16-15-,42-38+. The number of carbonyl (C=O) groups excluding carboxylic acids is 2. The van der Waals surface area contributed by atoms with Crippen molar-refractivity contribution < 1.29 is 24.5 Å². The fourth-order valence-electron chi connectivity index (χ4n) is 7.13. The van der Waals surface area contributed by atoms with E-state index in [0.29, 0.717) is 19.4 Å². The predicted octanol–water partition coefficient (Wildman–Crippen LogP) is 14.1. The molecule has 0 heterocycles. The van der Waals surface area contributed by atoms with Crippen molar-refractivity contribution in [2.24, 2.45) is 0 Å². The maximum Gasteiger partial charge on any atom is 0.305 e. The molecule has 0 radical (unpaired) electrons. The molecule has 0 spiro atoms. The average Bonchev–Trinajstić information content (AvgIpc) is 3.20. The zero-order valence-electron chi connectivity index (χ0n) is 37.1. The van der Waals surface area contributed by atoms with Crippen molar-refractivity contribution in [1.82, 2.24) is 5.32 Å². The van der Waals surface area contributed by atoms with E-state index >= 15 is 0 Å². The quantitative estimate of drug-likeness (QED) is 0.0325. The Morgan fingerprint density at radius 2 is 0.893 bits per heavy atom. The molecular formula is C50H93NO5. The van der Waals surface area contributed by atoms with E-state index in [1.54, 1.807) is 6.08 Å². The molecular weight excluding hydrogens is 695 g/mol. The number of amides is 1. The van der Waals surface area contributed by atoms with E-state index in [-0.39, 0.29) is 18.5 Å². The highest BCUT2D eigenvalue weighted by atomic mass is 16.5. The normalized spacial score (nSPS) is 13.0. The Morgan fingerprint density at radius 3 is 1.39 bits per heavy atom. The van der Waals surface area contributed by atoms with Gasteiger partial charge in [0.25, 0.3) is 0 Å². The van der Waals surface area contributed by atoms with Crippen molar-refractivity contribution in [2.75, 3.05) is 13.2 Å². The number of ether oxygens (including phenoxy) is 1. The molecule has 0 rings (SSSR count). The lowest BCUT2D eigenvalue weighted by atomic mass is 10.0. The fraction of sp³-hybridized carbons (Fsp3) is 0.840. The Morgan fingerprint density at radius 1 is 0.500 bits per heavy atom. The largest absolute Gasteiger partial charge is 0.466 e. The minimum Gasteiger partial charge on any atom is -0.466 e. The molecule has 0 bridgehead atoms. The van der Waals surface area contributed by atoms with E-state index in [0.717, 1.165) is 64.2 Å². The van der Waals surface area contributed by atoms with Gasteiger partial charge in [-0.2, -0.15) is 0 Å². The number of esters is 1. The number of aliphatic hydroxyl groups excluding tert-OH is 2. The van der Waals surface area contributed by atoms with Crippen LogP contribution in [0, 0.1) is 0 Å². The van der Waals surface area contributed by atoms with Gasteiger partial charge in [0.15, 0.2) is 0 Å². The Balaban J connectivity index is 3.46. The zero-order chi connectivity index (χ0) is 40.8. The molecule has 0 aromatic heterocycles. The van der Waals surface area contributed by atoms with Crippen molar-refractivity contribution in [3.63, 3.8) is 0 Å². The molecule has 3 N–H and O–H groups in total. The Labute approximate surface area is 347 Å². The topological polar surface area (TPSA) is 95.9 Å². The summed E-state index contributed by atoms with van der Waals surface area (Å²) >= 11 is 0. The minimum absolute atomic E-state index is 0.0205. The van der Waals surface area contributed by atoms with Gasteiger partial charge in [-0.25, -0.2) is 0 Å².